The third kappa shape index (κ3) is 4.67. The zero-order valence-corrected chi connectivity index (χ0v) is 16.5. The lowest BCUT2D eigenvalue weighted by Gasteiger charge is -2.25. The van der Waals surface area contributed by atoms with Crippen molar-refractivity contribution in [1.82, 2.24) is 14.5 Å². The average Bonchev–Trinajstić information content (AvgIpc) is 2.75. The molecule has 0 radical (unpaired) electrons. The van der Waals surface area contributed by atoms with Gasteiger partial charge in [-0.25, -0.2) is 22.9 Å². The number of hydrogen-bond acceptors (Lipinski definition) is 5. The molecule has 0 unspecified atom stereocenters. The van der Waals surface area contributed by atoms with Gasteiger partial charge < -0.3 is 4.90 Å². The Morgan fingerprint density at radius 2 is 2.13 bits per heavy atom. The number of nitriles is 1. The molecule has 31 heavy (non-hydrogen) atoms. The van der Waals surface area contributed by atoms with E-state index in [-0.39, 0.29) is 16.9 Å². The first-order chi connectivity index (χ1) is 15.8. The Bertz CT molecular complexity index is 1400. The molecule has 0 aliphatic carbocycles. The van der Waals surface area contributed by atoms with Crippen LogP contribution in [0.1, 0.15) is 23.7 Å². The number of aromatic nitrogens is 3. The maximum atomic E-state index is 14.9. The Labute approximate surface area is 180 Å². The summed E-state index contributed by atoms with van der Waals surface area (Å²) in [6.45, 7) is -0.777. The SMILES string of the molecule is [2H]C([2H])([2H])n1c(=O)nc(N(CC(F)F)c2ccnc(C#CC(C)(C)C#N)c2)c2c(F)cccc21. The number of hydrogen-bond donors (Lipinski definition) is 0. The maximum absolute atomic E-state index is 14.9. The smallest absolute Gasteiger partial charge is 0.320 e. The number of pyridine rings is 1. The van der Waals surface area contributed by atoms with Crippen LogP contribution in [0.4, 0.5) is 24.7 Å². The van der Waals surface area contributed by atoms with Gasteiger partial charge in [0.1, 0.15) is 16.9 Å². The summed E-state index contributed by atoms with van der Waals surface area (Å²) in [4.78, 5) is 21.3. The molecule has 9 heteroatoms. The Balaban J connectivity index is 2.29. The van der Waals surface area contributed by atoms with Crippen LogP contribution in [0.15, 0.2) is 41.3 Å². The van der Waals surface area contributed by atoms with Gasteiger partial charge in [-0.15, -0.1) is 0 Å². The van der Waals surface area contributed by atoms with E-state index in [9.17, 15) is 18.0 Å². The zero-order valence-electron chi connectivity index (χ0n) is 19.5. The minimum atomic E-state index is -2.98. The van der Waals surface area contributed by atoms with Crippen molar-refractivity contribution in [2.75, 3.05) is 11.4 Å². The molecule has 0 bridgehead atoms. The molecule has 1 aromatic carbocycles. The van der Waals surface area contributed by atoms with Crippen LogP contribution in [0, 0.1) is 34.4 Å². The molecule has 0 aliphatic rings. The first kappa shape index (κ1) is 18.0. The Morgan fingerprint density at radius 1 is 1.35 bits per heavy atom. The molecule has 0 fully saturated rings. The Morgan fingerprint density at radius 3 is 2.81 bits per heavy atom. The molecular weight excluding hydrogens is 407 g/mol. The fraction of sp³-hybridized carbons (Fsp3) is 0.273. The van der Waals surface area contributed by atoms with Gasteiger partial charge >= 0.3 is 5.69 Å². The van der Waals surface area contributed by atoms with Gasteiger partial charge in [-0.3, -0.25) is 4.57 Å². The number of alkyl halides is 2. The molecule has 3 rings (SSSR count). The summed E-state index contributed by atoms with van der Waals surface area (Å²) in [5.74, 6) is 3.99. The number of nitrogens with zero attached hydrogens (tertiary/aromatic N) is 5. The van der Waals surface area contributed by atoms with E-state index in [1.165, 1.54) is 30.5 Å². The van der Waals surface area contributed by atoms with Crippen molar-refractivity contribution in [3.05, 3.63) is 58.5 Å². The van der Waals surface area contributed by atoms with Gasteiger partial charge in [0.15, 0.2) is 5.82 Å². The van der Waals surface area contributed by atoms with Crippen LogP contribution in [-0.4, -0.2) is 27.5 Å². The van der Waals surface area contributed by atoms with E-state index < -0.39 is 48.1 Å². The molecule has 0 amide bonds. The first-order valence-corrected chi connectivity index (χ1v) is 9.02. The summed E-state index contributed by atoms with van der Waals surface area (Å²) in [6.07, 6.45) is -1.65. The van der Waals surface area contributed by atoms with Gasteiger partial charge in [-0.1, -0.05) is 12.0 Å². The third-order valence-electron chi connectivity index (χ3n) is 4.26. The van der Waals surface area contributed by atoms with Crippen molar-refractivity contribution in [3.63, 3.8) is 0 Å². The molecule has 2 aromatic heterocycles. The van der Waals surface area contributed by atoms with Crippen molar-refractivity contribution in [3.8, 4) is 17.9 Å². The highest BCUT2D eigenvalue weighted by Crippen LogP contribution is 2.31. The molecule has 0 aliphatic heterocycles. The minimum Gasteiger partial charge on any atom is -0.320 e. The average molecular weight is 428 g/mol. The predicted molar refractivity (Wildman–Crippen MR) is 110 cm³/mol. The van der Waals surface area contributed by atoms with Gasteiger partial charge in [0.2, 0.25) is 0 Å². The van der Waals surface area contributed by atoms with Crippen molar-refractivity contribution >= 4 is 22.4 Å². The van der Waals surface area contributed by atoms with Gasteiger partial charge in [0.25, 0.3) is 6.43 Å². The van der Waals surface area contributed by atoms with Gasteiger partial charge in [-0.2, -0.15) is 10.2 Å². The summed E-state index contributed by atoms with van der Waals surface area (Å²) < 4.78 is 65.2. The normalized spacial score (nSPS) is 13.0. The van der Waals surface area contributed by atoms with Gasteiger partial charge in [-0.05, 0) is 44.0 Å². The van der Waals surface area contributed by atoms with E-state index in [2.05, 4.69) is 21.8 Å². The highest BCUT2D eigenvalue weighted by atomic mass is 19.3. The molecule has 6 nitrogen and oxygen atoms in total. The topological polar surface area (TPSA) is 74.8 Å². The van der Waals surface area contributed by atoms with E-state index in [4.69, 9.17) is 9.37 Å². The molecular formula is C22H18F3N5O. The third-order valence-corrected chi connectivity index (χ3v) is 4.26. The van der Waals surface area contributed by atoms with E-state index in [0.29, 0.717) is 4.57 Å². The molecule has 2 heterocycles. The number of aryl methyl sites for hydroxylation is 1. The van der Waals surface area contributed by atoms with E-state index in [1.807, 2.05) is 6.07 Å². The number of anilines is 2. The van der Waals surface area contributed by atoms with E-state index in [1.54, 1.807) is 13.8 Å². The largest absolute Gasteiger partial charge is 0.349 e. The maximum Gasteiger partial charge on any atom is 0.349 e. The molecule has 0 spiro atoms. The molecule has 0 N–H and O–H groups in total. The van der Waals surface area contributed by atoms with Crippen LogP contribution in [-0.2, 0) is 6.98 Å². The van der Waals surface area contributed by atoms with Gasteiger partial charge in [0, 0.05) is 23.0 Å². The fourth-order valence-electron chi connectivity index (χ4n) is 2.77. The second-order valence-electron chi connectivity index (χ2n) is 7.08. The summed E-state index contributed by atoms with van der Waals surface area (Å²) in [7, 11) is 0. The van der Waals surface area contributed by atoms with Crippen LogP contribution in [0.3, 0.4) is 0 Å². The molecule has 0 saturated carbocycles. The van der Waals surface area contributed by atoms with Crippen LogP contribution in [0.2, 0.25) is 0 Å². The van der Waals surface area contributed by atoms with Crippen LogP contribution in [0.5, 0.6) is 0 Å². The van der Waals surface area contributed by atoms with Gasteiger partial charge in [0.05, 0.1) is 23.5 Å². The number of benzene rings is 1. The second kappa shape index (κ2) is 8.49. The fourth-order valence-corrected chi connectivity index (χ4v) is 2.77. The Kier molecular flexibility index (Phi) is 4.92. The van der Waals surface area contributed by atoms with Crippen LogP contribution < -0.4 is 10.6 Å². The summed E-state index contributed by atoms with van der Waals surface area (Å²) in [5, 5.41) is 8.71. The molecule has 0 saturated heterocycles. The first-order valence-electron chi connectivity index (χ1n) is 10.5. The number of rotatable bonds is 4. The van der Waals surface area contributed by atoms with Crippen molar-refractivity contribution in [1.29, 1.82) is 5.26 Å². The highest BCUT2D eigenvalue weighted by Gasteiger charge is 2.23. The summed E-state index contributed by atoms with van der Waals surface area (Å²) in [6, 6.07) is 8.09. The number of halogens is 3. The molecule has 0 atom stereocenters. The predicted octanol–water partition coefficient (Wildman–Crippen LogP) is 3.77. The standard InChI is InChI=1S/C22H18F3N5O/c1-22(2,13-26)9-7-14-11-15(8-10-27-14)30(12-18(24)25)20-19-16(23)5-4-6-17(19)29(3)21(31)28-20/h4-6,8,10-11,18H,12H2,1-3H3/i3D3. The lowest BCUT2D eigenvalue weighted by atomic mass is 9.97. The zero-order chi connectivity index (χ0) is 25.3. The molecule has 158 valence electrons. The summed E-state index contributed by atoms with van der Waals surface area (Å²) >= 11 is 0. The van der Waals surface area contributed by atoms with E-state index in [0.717, 1.165) is 11.0 Å². The second-order valence-corrected chi connectivity index (χ2v) is 7.08. The van der Waals surface area contributed by atoms with Crippen molar-refractivity contribution < 1.29 is 17.3 Å². The Hall–Kier alpha value is -3.85. The van der Waals surface area contributed by atoms with Crippen LogP contribution >= 0.6 is 0 Å². The quantitative estimate of drug-likeness (QED) is 0.592. The minimum absolute atomic E-state index is 0.0671. The van der Waals surface area contributed by atoms with E-state index >= 15 is 0 Å². The monoisotopic (exact) mass is 428 g/mol. The summed E-state index contributed by atoms with van der Waals surface area (Å²) in [5.41, 5.74) is -2.35. The van der Waals surface area contributed by atoms with Crippen molar-refractivity contribution in [2.45, 2.75) is 20.3 Å². The lowest BCUT2D eigenvalue weighted by Crippen LogP contribution is -2.30. The number of fused-ring (bicyclic) bond motifs is 1. The van der Waals surface area contributed by atoms with Crippen molar-refractivity contribution in [2.24, 2.45) is 12.4 Å². The highest BCUT2D eigenvalue weighted by molar-refractivity contribution is 5.92. The lowest BCUT2D eigenvalue weighted by molar-refractivity contribution is 0.157. The molecule has 3 aromatic rings. The van der Waals surface area contributed by atoms with Crippen LogP contribution in [0.25, 0.3) is 10.9 Å².